The molecule has 7 nitrogen and oxygen atoms in total. The smallest absolute Gasteiger partial charge is 0.269 e. The second-order valence-electron chi connectivity index (χ2n) is 5.31. The molecule has 0 N–H and O–H groups in total. The zero-order valence-electron chi connectivity index (χ0n) is 13.4. The van der Waals surface area contributed by atoms with Crippen LogP contribution in [0.4, 0.5) is 5.69 Å². The molecule has 1 aromatic rings. The van der Waals surface area contributed by atoms with Crippen molar-refractivity contribution < 1.29 is 14.5 Å². The Morgan fingerprint density at radius 1 is 1.04 bits per heavy atom. The first kappa shape index (κ1) is 17.4. The van der Waals surface area contributed by atoms with Gasteiger partial charge in [-0.2, -0.15) is 0 Å². The van der Waals surface area contributed by atoms with Crippen molar-refractivity contribution in [3.05, 3.63) is 64.2 Å². The summed E-state index contributed by atoms with van der Waals surface area (Å²) >= 11 is 0. The maximum Gasteiger partial charge on any atom is 0.269 e. The third-order valence-corrected chi connectivity index (χ3v) is 3.75. The molecule has 126 valence electrons. The summed E-state index contributed by atoms with van der Waals surface area (Å²) in [6.45, 7) is 3.70. The minimum atomic E-state index is -0.500. The van der Waals surface area contributed by atoms with Gasteiger partial charge < -0.3 is 9.80 Å². The number of allylic oxidation sites excluding steroid dienone is 3. The monoisotopic (exact) mass is 329 g/mol. The summed E-state index contributed by atoms with van der Waals surface area (Å²) in [5.74, 6) is -0.253. The quantitative estimate of drug-likeness (QED) is 0.366. The number of piperazine rings is 1. The Kier molecular flexibility index (Phi) is 5.83. The molecule has 1 aliphatic rings. The third kappa shape index (κ3) is 4.28. The second-order valence-corrected chi connectivity index (χ2v) is 5.31. The Morgan fingerprint density at radius 3 is 2.17 bits per heavy atom. The van der Waals surface area contributed by atoms with Crippen molar-refractivity contribution in [2.45, 2.75) is 6.92 Å². The molecule has 1 saturated heterocycles. The van der Waals surface area contributed by atoms with E-state index in [-0.39, 0.29) is 17.5 Å². The number of non-ortho nitro benzene ring substituents is 1. The first-order valence-corrected chi connectivity index (χ1v) is 7.65. The summed E-state index contributed by atoms with van der Waals surface area (Å²) in [4.78, 5) is 37.8. The number of rotatable bonds is 4. The van der Waals surface area contributed by atoms with Gasteiger partial charge in [-0.05, 0) is 19.1 Å². The van der Waals surface area contributed by atoms with E-state index in [0.717, 1.165) is 0 Å². The molecule has 0 spiro atoms. The van der Waals surface area contributed by atoms with Gasteiger partial charge >= 0.3 is 0 Å². The summed E-state index contributed by atoms with van der Waals surface area (Å²) in [5, 5.41) is 10.6. The Balaban J connectivity index is 1.92. The van der Waals surface area contributed by atoms with Gasteiger partial charge in [0.25, 0.3) is 11.6 Å². The predicted molar refractivity (Wildman–Crippen MR) is 89.5 cm³/mol. The molecule has 0 aliphatic carbocycles. The van der Waals surface area contributed by atoms with Gasteiger partial charge in [-0.15, -0.1) is 0 Å². The fourth-order valence-electron chi connectivity index (χ4n) is 2.39. The van der Waals surface area contributed by atoms with Crippen LogP contribution in [0, 0.1) is 10.1 Å². The van der Waals surface area contributed by atoms with E-state index in [1.165, 1.54) is 30.3 Å². The van der Waals surface area contributed by atoms with Crippen molar-refractivity contribution in [3.63, 3.8) is 0 Å². The van der Waals surface area contributed by atoms with Crippen LogP contribution in [0.2, 0.25) is 0 Å². The molecule has 1 aromatic carbocycles. The number of nitrogens with zero attached hydrogens (tertiary/aromatic N) is 3. The molecule has 0 unspecified atom stereocenters. The lowest BCUT2D eigenvalue weighted by Crippen LogP contribution is -2.50. The lowest BCUT2D eigenvalue weighted by atomic mass is 10.1. The molecule has 0 atom stereocenters. The summed E-state index contributed by atoms with van der Waals surface area (Å²) in [6, 6.07) is 5.55. The molecular weight excluding hydrogens is 310 g/mol. The Hall–Kier alpha value is -2.96. The van der Waals surface area contributed by atoms with Gasteiger partial charge in [-0.25, -0.2) is 0 Å². The molecular formula is C17H19N3O4. The van der Waals surface area contributed by atoms with E-state index >= 15 is 0 Å². The number of amides is 2. The van der Waals surface area contributed by atoms with Gasteiger partial charge in [-0.1, -0.05) is 18.2 Å². The number of hydrogen-bond acceptors (Lipinski definition) is 4. The molecule has 2 amide bonds. The van der Waals surface area contributed by atoms with Crippen LogP contribution in [0.3, 0.4) is 0 Å². The molecule has 1 fully saturated rings. The number of benzene rings is 1. The van der Waals surface area contributed by atoms with Crippen molar-refractivity contribution in [3.8, 4) is 0 Å². The maximum atomic E-state index is 12.4. The van der Waals surface area contributed by atoms with Crippen molar-refractivity contribution in [1.29, 1.82) is 0 Å². The van der Waals surface area contributed by atoms with Crippen LogP contribution in [0.1, 0.15) is 17.3 Å². The van der Waals surface area contributed by atoms with Crippen molar-refractivity contribution >= 4 is 17.5 Å². The topological polar surface area (TPSA) is 83.8 Å². The minimum absolute atomic E-state index is 0.0464. The highest BCUT2D eigenvalue weighted by Gasteiger charge is 2.24. The van der Waals surface area contributed by atoms with E-state index < -0.39 is 4.92 Å². The van der Waals surface area contributed by atoms with E-state index in [0.29, 0.717) is 31.7 Å². The van der Waals surface area contributed by atoms with Gasteiger partial charge in [0, 0.05) is 50.0 Å². The summed E-state index contributed by atoms with van der Waals surface area (Å²) in [7, 11) is 0. The molecule has 0 radical (unpaired) electrons. The molecule has 2 rings (SSSR count). The van der Waals surface area contributed by atoms with E-state index in [9.17, 15) is 19.7 Å². The first-order chi connectivity index (χ1) is 11.5. The van der Waals surface area contributed by atoms with Crippen LogP contribution in [-0.4, -0.2) is 52.7 Å². The number of carbonyl (C=O) groups excluding carboxylic acids is 2. The van der Waals surface area contributed by atoms with Gasteiger partial charge in [0.2, 0.25) is 5.91 Å². The van der Waals surface area contributed by atoms with E-state index in [2.05, 4.69) is 0 Å². The van der Waals surface area contributed by atoms with E-state index in [1.54, 1.807) is 22.0 Å². The van der Waals surface area contributed by atoms with E-state index in [4.69, 9.17) is 0 Å². The average molecular weight is 329 g/mol. The summed E-state index contributed by atoms with van der Waals surface area (Å²) < 4.78 is 0. The fraction of sp³-hybridized carbons (Fsp3) is 0.294. The third-order valence-electron chi connectivity index (χ3n) is 3.75. The molecule has 0 aromatic heterocycles. The molecule has 24 heavy (non-hydrogen) atoms. The molecule has 0 bridgehead atoms. The fourth-order valence-corrected chi connectivity index (χ4v) is 2.39. The standard InChI is InChI=1S/C17H19N3O4/c1-2-3-4-5-16(21)18-10-12-19(13-11-18)17(22)14-6-8-15(9-7-14)20(23)24/h2-9H,10-13H2,1H3/b3-2+,5-4+. The van der Waals surface area contributed by atoms with Crippen LogP contribution in [0.25, 0.3) is 0 Å². The van der Waals surface area contributed by atoms with Crippen LogP contribution < -0.4 is 0 Å². The molecule has 7 heteroatoms. The van der Waals surface area contributed by atoms with Crippen LogP contribution >= 0.6 is 0 Å². The zero-order chi connectivity index (χ0) is 17.5. The number of nitro benzene ring substituents is 1. The van der Waals surface area contributed by atoms with Gasteiger partial charge in [-0.3, -0.25) is 19.7 Å². The first-order valence-electron chi connectivity index (χ1n) is 7.65. The highest BCUT2D eigenvalue weighted by atomic mass is 16.6. The number of hydrogen-bond donors (Lipinski definition) is 0. The van der Waals surface area contributed by atoms with Gasteiger partial charge in [0.15, 0.2) is 0 Å². The van der Waals surface area contributed by atoms with Crippen molar-refractivity contribution in [2.24, 2.45) is 0 Å². The number of carbonyl (C=O) groups is 2. The van der Waals surface area contributed by atoms with Crippen molar-refractivity contribution in [2.75, 3.05) is 26.2 Å². The molecule has 0 saturated carbocycles. The Bertz CT molecular complexity index is 672. The normalized spacial score (nSPS) is 15.2. The predicted octanol–water partition coefficient (Wildman–Crippen LogP) is 2.01. The lowest BCUT2D eigenvalue weighted by Gasteiger charge is -2.34. The SMILES string of the molecule is C/C=C/C=C/C(=O)N1CCN(C(=O)c2ccc([N+](=O)[O-])cc2)CC1. The second kappa shape index (κ2) is 8.05. The Labute approximate surface area is 140 Å². The van der Waals surface area contributed by atoms with Gasteiger partial charge in [0.1, 0.15) is 0 Å². The average Bonchev–Trinajstić information content (AvgIpc) is 2.61. The van der Waals surface area contributed by atoms with Crippen molar-refractivity contribution in [1.82, 2.24) is 9.80 Å². The molecule has 1 heterocycles. The summed E-state index contributed by atoms with van der Waals surface area (Å²) in [5.41, 5.74) is 0.364. The van der Waals surface area contributed by atoms with Crippen LogP contribution in [-0.2, 0) is 4.79 Å². The highest BCUT2D eigenvalue weighted by molar-refractivity contribution is 5.94. The summed E-state index contributed by atoms with van der Waals surface area (Å²) in [6.07, 6.45) is 6.82. The van der Waals surface area contributed by atoms with Crippen LogP contribution in [0.15, 0.2) is 48.6 Å². The maximum absolute atomic E-state index is 12.4. The Morgan fingerprint density at radius 2 is 1.62 bits per heavy atom. The number of nitro groups is 1. The largest absolute Gasteiger partial charge is 0.336 e. The van der Waals surface area contributed by atoms with E-state index in [1.807, 2.05) is 13.0 Å². The molecule has 1 aliphatic heterocycles. The zero-order valence-corrected chi connectivity index (χ0v) is 13.4. The van der Waals surface area contributed by atoms with Gasteiger partial charge in [0.05, 0.1) is 4.92 Å². The van der Waals surface area contributed by atoms with Crippen LogP contribution in [0.5, 0.6) is 0 Å². The minimum Gasteiger partial charge on any atom is -0.336 e. The highest BCUT2D eigenvalue weighted by Crippen LogP contribution is 2.14. The lowest BCUT2D eigenvalue weighted by molar-refractivity contribution is -0.384.